The quantitative estimate of drug-likeness (QED) is 0.609. The Hall–Kier alpha value is -0.130. The molecule has 0 heterocycles. The van der Waals surface area contributed by atoms with Gasteiger partial charge in [0.25, 0.3) is 0 Å². The maximum Gasteiger partial charge on any atom is 0.211 e. The van der Waals surface area contributed by atoms with Gasteiger partial charge in [0.05, 0.1) is 5.75 Å². The van der Waals surface area contributed by atoms with Gasteiger partial charge in [-0.25, -0.2) is 13.1 Å². The van der Waals surface area contributed by atoms with E-state index in [0.29, 0.717) is 18.9 Å². The van der Waals surface area contributed by atoms with Crippen LogP contribution in [-0.4, -0.2) is 26.8 Å². The third-order valence-corrected chi connectivity index (χ3v) is 4.29. The highest BCUT2D eigenvalue weighted by atomic mass is 32.2. The van der Waals surface area contributed by atoms with E-state index < -0.39 is 10.0 Å². The SMILES string of the molecule is CCC(C)CC(C)NS(=O)(=O)CCCCN. The summed E-state index contributed by atoms with van der Waals surface area (Å²) in [5.74, 6) is 0.747. The predicted octanol–water partition coefficient (Wildman–Crippen LogP) is 1.47. The van der Waals surface area contributed by atoms with E-state index in [1.165, 1.54) is 0 Å². The van der Waals surface area contributed by atoms with Gasteiger partial charge in [-0.1, -0.05) is 20.3 Å². The molecular weight excluding hydrogens is 224 g/mol. The lowest BCUT2D eigenvalue weighted by atomic mass is 10.0. The lowest BCUT2D eigenvalue weighted by molar-refractivity contribution is 0.445. The first-order valence-electron chi connectivity index (χ1n) is 6.11. The van der Waals surface area contributed by atoms with Gasteiger partial charge in [0.2, 0.25) is 10.0 Å². The molecule has 4 nitrogen and oxygen atoms in total. The van der Waals surface area contributed by atoms with Gasteiger partial charge in [0.1, 0.15) is 0 Å². The molecule has 0 aliphatic rings. The van der Waals surface area contributed by atoms with Crippen molar-refractivity contribution in [2.45, 2.75) is 52.5 Å². The molecule has 0 bridgehead atoms. The summed E-state index contributed by atoms with van der Waals surface area (Å²) in [7, 11) is -3.11. The summed E-state index contributed by atoms with van der Waals surface area (Å²) in [6.07, 6.45) is 3.38. The molecule has 98 valence electrons. The summed E-state index contributed by atoms with van der Waals surface area (Å²) in [5.41, 5.74) is 5.33. The Morgan fingerprint density at radius 2 is 1.88 bits per heavy atom. The molecule has 3 N–H and O–H groups in total. The molecule has 0 aromatic rings. The third kappa shape index (κ3) is 8.07. The van der Waals surface area contributed by atoms with Gasteiger partial charge in [-0.15, -0.1) is 0 Å². The average molecular weight is 250 g/mol. The molecule has 0 amide bonds. The van der Waals surface area contributed by atoms with Crippen molar-refractivity contribution in [2.75, 3.05) is 12.3 Å². The van der Waals surface area contributed by atoms with Crippen LogP contribution >= 0.6 is 0 Å². The van der Waals surface area contributed by atoms with Crippen molar-refractivity contribution in [1.29, 1.82) is 0 Å². The normalized spacial score (nSPS) is 16.0. The minimum Gasteiger partial charge on any atom is -0.330 e. The first kappa shape index (κ1) is 15.9. The molecule has 0 aromatic carbocycles. The number of nitrogens with two attached hydrogens (primary N) is 1. The van der Waals surface area contributed by atoms with Crippen molar-refractivity contribution in [3.05, 3.63) is 0 Å². The Balaban J connectivity index is 3.95. The predicted molar refractivity (Wildman–Crippen MR) is 68.7 cm³/mol. The van der Waals surface area contributed by atoms with Crippen molar-refractivity contribution in [2.24, 2.45) is 11.7 Å². The van der Waals surface area contributed by atoms with Crippen LogP contribution in [0.4, 0.5) is 0 Å². The molecule has 0 aliphatic heterocycles. The van der Waals surface area contributed by atoms with Crippen LogP contribution in [-0.2, 0) is 10.0 Å². The van der Waals surface area contributed by atoms with Crippen LogP contribution in [0.15, 0.2) is 0 Å². The standard InChI is InChI=1S/C11H26N2O2S/c1-4-10(2)9-11(3)13-16(14,15)8-6-5-7-12/h10-11,13H,4-9,12H2,1-3H3. The fourth-order valence-electron chi connectivity index (χ4n) is 1.62. The highest BCUT2D eigenvalue weighted by Gasteiger charge is 2.15. The van der Waals surface area contributed by atoms with Gasteiger partial charge < -0.3 is 5.73 Å². The fourth-order valence-corrected chi connectivity index (χ4v) is 3.03. The number of nitrogens with one attached hydrogen (secondary N) is 1. The van der Waals surface area contributed by atoms with E-state index in [-0.39, 0.29) is 11.8 Å². The molecule has 0 rings (SSSR count). The second kappa shape index (κ2) is 8.03. The third-order valence-electron chi connectivity index (χ3n) is 2.70. The monoisotopic (exact) mass is 250 g/mol. The van der Waals surface area contributed by atoms with Crippen molar-refractivity contribution < 1.29 is 8.42 Å². The van der Waals surface area contributed by atoms with E-state index in [4.69, 9.17) is 5.73 Å². The van der Waals surface area contributed by atoms with Gasteiger partial charge in [-0.2, -0.15) is 0 Å². The van der Waals surface area contributed by atoms with Crippen LogP contribution in [0.3, 0.4) is 0 Å². The van der Waals surface area contributed by atoms with Gasteiger partial charge in [0, 0.05) is 6.04 Å². The van der Waals surface area contributed by atoms with Gasteiger partial charge >= 0.3 is 0 Å². The van der Waals surface area contributed by atoms with Gasteiger partial charge in [0.15, 0.2) is 0 Å². The second-order valence-corrected chi connectivity index (χ2v) is 6.46. The average Bonchev–Trinajstić information content (AvgIpc) is 2.16. The smallest absolute Gasteiger partial charge is 0.211 e. The zero-order chi connectivity index (χ0) is 12.6. The number of hydrogen-bond donors (Lipinski definition) is 2. The Morgan fingerprint density at radius 1 is 1.25 bits per heavy atom. The van der Waals surface area contributed by atoms with E-state index >= 15 is 0 Å². The van der Waals surface area contributed by atoms with E-state index in [1.807, 2.05) is 6.92 Å². The van der Waals surface area contributed by atoms with Crippen molar-refractivity contribution in [1.82, 2.24) is 4.72 Å². The molecule has 0 radical (unpaired) electrons. The largest absolute Gasteiger partial charge is 0.330 e. The molecule has 0 saturated heterocycles. The zero-order valence-corrected chi connectivity index (χ0v) is 11.5. The van der Waals surface area contributed by atoms with Crippen LogP contribution in [0.25, 0.3) is 0 Å². The van der Waals surface area contributed by atoms with Crippen molar-refractivity contribution in [3.63, 3.8) is 0 Å². The molecule has 0 spiro atoms. The molecule has 5 heteroatoms. The van der Waals surface area contributed by atoms with Crippen LogP contribution in [0, 0.1) is 5.92 Å². The summed E-state index contributed by atoms with van der Waals surface area (Å²) >= 11 is 0. The molecule has 0 aliphatic carbocycles. The van der Waals surface area contributed by atoms with E-state index in [9.17, 15) is 8.42 Å². The number of unbranched alkanes of at least 4 members (excludes halogenated alkanes) is 1. The zero-order valence-electron chi connectivity index (χ0n) is 10.7. The number of rotatable bonds is 9. The Labute approximate surface area is 100 Å². The van der Waals surface area contributed by atoms with E-state index in [2.05, 4.69) is 18.6 Å². The van der Waals surface area contributed by atoms with Crippen LogP contribution in [0.1, 0.15) is 46.5 Å². The first-order chi connectivity index (χ1) is 7.41. The van der Waals surface area contributed by atoms with Crippen LogP contribution in [0.2, 0.25) is 0 Å². The minimum atomic E-state index is -3.11. The second-order valence-electron chi connectivity index (χ2n) is 4.58. The summed E-state index contributed by atoms with van der Waals surface area (Å²) in [5, 5.41) is 0. The van der Waals surface area contributed by atoms with Gasteiger partial charge in [-0.3, -0.25) is 0 Å². The topological polar surface area (TPSA) is 72.2 Å². The van der Waals surface area contributed by atoms with Crippen LogP contribution in [0.5, 0.6) is 0 Å². The fraction of sp³-hybridized carbons (Fsp3) is 1.00. The number of hydrogen-bond acceptors (Lipinski definition) is 3. The highest BCUT2D eigenvalue weighted by Crippen LogP contribution is 2.10. The van der Waals surface area contributed by atoms with Crippen molar-refractivity contribution >= 4 is 10.0 Å². The van der Waals surface area contributed by atoms with Crippen LogP contribution < -0.4 is 10.5 Å². The van der Waals surface area contributed by atoms with E-state index in [1.54, 1.807) is 0 Å². The van der Waals surface area contributed by atoms with Crippen molar-refractivity contribution in [3.8, 4) is 0 Å². The summed E-state index contributed by atoms with van der Waals surface area (Å²) < 4.78 is 26.0. The molecule has 2 atom stereocenters. The lowest BCUT2D eigenvalue weighted by Crippen LogP contribution is -2.35. The summed E-state index contributed by atoms with van der Waals surface area (Å²) in [6, 6.07) is 0.0258. The Morgan fingerprint density at radius 3 is 2.38 bits per heavy atom. The summed E-state index contributed by atoms with van der Waals surface area (Å²) in [4.78, 5) is 0. The molecule has 16 heavy (non-hydrogen) atoms. The maximum atomic E-state index is 11.6. The maximum absolute atomic E-state index is 11.6. The number of sulfonamides is 1. The minimum absolute atomic E-state index is 0.0258. The molecule has 0 fully saturated rings. The van der Waals surface area contributed by atoms with Gasteiger partial charge in [-0.05, 0) is 38.6 Å². The molecular formula is C11H26N2O2S. The van der Waals surface area contributed by atoms with E-state index in [0.717, 1.165) is 19.3 Å². The molecule has 0 saturated carbocycles. The Kier molecular flexibility index (Phi) is 7.97. The first-order valence-corrected chi connectivity index (χ1v) is 7.76. The molecule has 2 unspecified atom stereocenters. The molecule has 0 aromatic heterocycles. The Bertz CT molecular complexity index is 265. The summed E-state index contributed by atoms with van der Waals surface area (Å²) in [6.45, 7) is 6.73. The highest BCUT2D eigenvalue weighted by molar-refractivity contribution is 7.89. The lowest BCUT2D eigenvalue weighted by Gasteiger charge is -2.17.